The van der Waals surface area contributed by atoms with Crippen molar-refractivity contribution in [3.8, 4) is 0 Å². The molecule has 60 valence electrons. The van der Waals surface area contributed by atoms with Crippen LogP contribution in [0, 0.1) is 0 Å². The van der Waals surface area contributed by atoms with Crippen LogP contribution < -0.4 is 0 Å². The van der Waals surface area contributed by atoms with Crippen LogP contribution in [0.1, 0.15) is 6.92 Å². The van der Waals surface area contributed by atoms with Crippen LogP contribution in [0.15, 0.2) is 12.7 Å². The van der Waals surface area contributed by atoms with Crippen LogP contribution in [0.4, 0.5) is 0 Å². The first kappa shape index (κ1) is 10.5. The molecule has 1 unspecified atom stereocenters. The molecule has 3 heteroatoms. The van der Waals surface area contributed by atoms with Crippen molar-refractivity contribution >= 4 is 18.4 Å². The van der Waals surface area contributed by atoms with Gasteiger partial charge in [0.25, 0.3) is 0 Å². The summed E-state index contributed by atoms with van der Waals surface area (Å²) in [7, 11) is 0. The van der Waals surface area contributed by atoms with E-state index in [9.17, 15) is 0 Å². The van der Waals surface area contributed by atoms with E-state index in [1.807, 2.05) is 6.92 Å². The average molecular weight is 251 g/mol. The van der Waals surface area contributed by atoms with Crippen molar-refractivity contribution in [3.63, 3.8) is 0 Å². The zero-order valence-electron chi connectivity index (χ0n) is 7.14. The quantitative estimate of drug-likeness (QED) is 0.361. The second kappa shape index (κ2) is 3.24. The molecular formula is C7H16O2Sn. The van der Waals surface area contributed by atoms with E-state index in [2.05, 4.69) is 26.3 Å². The van der Waals surface area contributed by atoms with Crippen molar-refractivity contribution in [1.82, 2.24) is 0 Å². The van der Waals surface area contributed by atoms with Crippen molar-refractivity contribution in [3.05, 3.63) is 12.7 Å². The van der Waals surface area contributed by atoms with Gasteiger partial charge < -0.3 is 0 Å². The summed E-state index contributed by atoms with van der Waals surface area (Å²) in [6.07, 6.45) is 1.70. The molecule has 0 aromatic carbocycles. The summed E-state index contributed by atoms with van der Waals surface area (Å²) in [5.41, 5.74) is 0. The van der Waals surface area contributed by atoms with Gasteiger partial charge in [0.15, 0.2) is 0 Å². The molecule has 0 saturated heterocycles. The fourth-order valence-electron chi connectivity index (χ4n) is 0.480. The summed E-state index contributed by atoms with van der Waals surface area (Å²) < 4.78 is -0.450. The van der Waals surface area contributed by atoms with Crippen LogP contribution in [0.25, 0.3) is 0 Å². The summed E-state index contributed by atoms with van der Waals surface area (Å²) in [5, 5.41) is 8.60. The van der Waals surface area contributed by atoms with Crippen LogP contribution in [-0.4, -0.2) is 27.3 Å². The first-order valence-electron chi connectivity index (χ1n) is 3.33. The Morgan fingerprint density at radius 1 is 1.50 bits per heavy atom. The summed E-state index contributed by atoms with van der Waals surface area (Å²) in [4.78, 5) is 11.0. The van der Waals surface area contributed by atoms with Crippen molar-refractivity contribution in [2.24, 2.45) is 0 Å². The molecule has 0 amide bonds. The molecule has 0 aliphatic rings. The number of hydrogen-bond acceptors (Lipinski definition) is 2. The van der Waals surface area contributed by atoms with Gasteiger partial charge >= 0.3 is 66.5 Å². The van der Waals surface area contributed by atoms with Crippen LogP contribution in [0.3, 0.4) is 0 Å². The molecule has 0 aliphatic heterocycles. The molecule has 0 aromatic rings. The van der Waals surface area contributed by atoms with Crippen molar-refractivity contribution in [1.29, 1.82) is 0 Å². The monoisotopic (exact) mass is 252 g/mol. The van der Waals surface area contributed by atoms with Gasteiger partial charge in [-0.25, -0.2) is 0 Å². The maximum atomic E-state index is 8.60. The van der Waals surface area contributed by atoms with Crippen LogP contribution in [-0.2, 0) is 4.89 Å². The Balaban J connectivity index is 4.48. The Kier molecular flexibility index (Phi) is 3.39. The fraction of sp³-hybridized carbons (Fsp3) is 0.714. The SMILES string of the molecule is C=C[C](C)(OO)[Sn]([CH3])([CH3])[CH3]. The Hall–Kier alpha value is 0.459. The minimum absolute atomic E-state index is 0.450. The molecule has 0 aliphatic carbocycles. The molecule has 0 aromatic heterocycles. The molecular weight excluding hydrogens is 235 g/mol. The normalized spacial score (nSPS) is 18.1. The van der Waals surface area contributed by atoms with Gasteiger partial charge in [-0.05, 0) is 0 Å². The van der Waals surface area contributed by atoms with Gasteiger partial charge in [-0.2, -0.15) is 0 Å². The maximum absolute atomic E-state index is 8.60. The van der Waals surface area contributed by atoms with E-state index in [4.69, 9.17) is 5.26 Å². The van der Waals surface area contributed by atoms with Crippen molar-refractivity contribution in [2.75, 3.05) is 0 Å². The van der Waals surface area contributed by atoms with E-state index in [1.165, 1.54) is 0 Å². The first-order chi connectivity index (χ1) is 4.37. The van der Waals surface area contributed by atoms with Gasteiger partial charge in [0, 0.05) is 0 Å². The fourth-order valence-corrected chi connectivity index (χ4v) is 3.01. The van der Waals surface area contributed by atoms with Crippen molar-refractivity contribution in [2.45, 2.75) is 25.4 Å². The summed E-state index contributed by atoms with van der Waals surface area (Å²) in [5.74, 6) is 0. The van der Waals surface area contributed by atoms with E-state index < -0.39 is 22.0 Å². The molecule has 2 nitrogen and oxygen atoms in total. The predicted octanol–water partition coefficient (Wildman–Crippen LogP) is 2.30. The second-order valence-corrected chi connectivity index (χ2v) is 19.3. The van der Waals surface area contributed by atoms with Gasteiger partial charge in [-0.1, -0.05) is 0 Å². The molecule has 0 bridgehead atoms. The molecule has 0 fully saturated rings. The molecule has 0 saturated carbocycles. The molecule has 10 heavy (non-hydrogen) atoms. The molecule has 0 heterocycles. The molecule has 0 rings (SSSR count). The first-order valence-corrected chi connectivity index (χ1v) is 13.3. The van der Waals surface area contributed by atoms with Gasteiger partial charge in [0.2, 0.25) is 0 Å². The van der Waals surface area contributed by atoms with Gasteiger partial charge in [-0.3, -0.25) is 0 Å². The molecule has 1 atom stereocenters. The number of hydrogen-bond donors (Lipinski definition) is 1. The Labute approximate surface area is 66.7 Å². The third-order valence-electron chi connectivity index (χ3n) is 2.07. The molecule has 0 spiro atoms. The summed E-state index contributed by atoms with van der Waals surface area (Å²) in [6.45, 7) is 5.52. The Bertz CT molecular complexity index is 128. The van der Waals surface area contributed by atoms with Gasteiger partial charge in [-0.15, -0.1) is 0 Å². The third-order valence-corrected chi connectivity index (χ3v) is 11.4. The van der Waals surface area contributed by atoms with E-state index >= 15 is 0 Å². The van der Waals surface area contributed by atoms with Crippen LogP contribution in [0.2, 0.25) is 14.8 Å². The number of rotatable bonds is 3. The average Bonchev–Trinajstić information content (AvgIpc) is 1.84. The van der Waals surface area contributed by atoms with E-state index in [0.29, 0.717) is 0 Å². The van der Waals surface area contributed by atoms with Crippen molar-refractivity contribution < 1.29 is 10.1 Å². The van der Waals surface area contributed by atoms with Gasteiger partial charge in [0.1, 0.15) is 0 Å². The topological polar surface area (TPSA) is 29.5 Å². The van der Waals surface area contributed by atoms with Gasteiger partial charge in [0.05, 0.1) is 0 Å². The van der Waals surface area contributed by atoms with E-state index in [1.54, 1.807) is 6.08 Å². The standard InChI is InChI=1S/C4H7O2.3CH3.Sn/c1-3-4(2)6-5;;;;/h3,5H,1H2,2H3;3*1H3;. The predicted molar refractivity (Wildman–Crippen MR) is 45.7 cm³/mol. The zero-order chi connectivity index (χ0) is 8.41. The second-order valence-electron chi connectivity index (χ2n) is 3.65. The van der Waals surface area contributed by atoms with Crippen LogP contribution >= 0.6 is 0 Å². The minimum atomic E-state index is -2.20. The Morgan fingerprint density at radius 2 is 1.90 bits per heavy atom. The Morgan fingerprint density at radius 3 is 1.90 bits per heavy atom. The van der Waals surface area contributed by atoms with E-state index in [0.717, 1.165) is 0 Å². The zero-order valence-corrected chi connectivity index (χ0v) is 9.99. The summed E-state index contributed by atoms with van der Waals surface area (Å²) in [6, 6.07) is 0. The summed E-state index contributed by atoms with van der Waals surface area (Å²) >= 11 is -2.20. The third kappa shape index (κ3) is 1.97. The molecule has 1 N–H and O–H groups in total. The van der Waals surface area contributed by atoms with E-state index in [-0.39, 0.29) is 0 Å². The molecule has 0 radical (unpaired) electrons. The van der Waals surface area contributed by atoms with Crippen LogP contribution in [0.5, 0.6) is 0 Å².